The summed E-state index contributed by atoms with van der Waals surface area (Å²) in [6, 6.07) is 3.90. The molecule has 2 aromatic carbocycles. The summed E-state index contributed by atoms with van der Waals surface area (Å²) in [5, 5.41) is 2.94. The van der Waals surface area contributed by atoms with Gasteiger partial charge in [0.15, 0.2) is 23.2 Å². The molecule has 3 rings (SSSR count). The van der Waals surface area contributed by atoms with E-state index in [1.54, 1.807) is 6.07 Å². The first-order chi connectivity index (χ1) is 20.2. The summed E-state index contributed by atoms with van der Waals surface area (Å²) in [5.41, 5.74) is -0.656. The van der Waals surface area contributed by atoms with Gasteiger partial charge in [0.25, 0.3) is 5.56 Å². The summed E-state index contributed by atoms with van der Waals surface area (Å²) < 4.78 is 102. The highest BCUT2D eigenvalue weighted by molar-refractivity contribution is 6.31. The number of halogens is 8. The number of rotatable bonds is 11. The molecule has 0 saturated carbocycles. The molecule has 0 spiro atoms. The topological polar surface area (TPSA) is 104 Å². The predicted octanol–water partition coefficient (Wildman–Crippen LogP) is 5.26. The lowest BCUT2D eigenvalue weighted by molar-refractivity contribution is -0.160. The van der Waals surface area contributed by atoms with Crippen LogP contribution in [-0.4, -0.2) is 47.7 Å². The third-order valence-electron chi connectivity index (χ3n) is 5.43. The van der Waals surface area contributed by atoms with Crippen LogP contribution in [0.2, 0.25) is 5.02 Å². The molecule has 3 aromatic rings. The Morgan fingerprint density at radius 2 is 1.63 bits per heavy atom. The SMILES string of the molecule is CC.O=C(Cn1ccc2ccc(Cl)cc2c1=O)NC(CC(=O)OCCC(F)(F)F)C(=O)COc1c(F)c(F)cc(F)c1F. The number of alkyl halides is 3. The molecule has 234 valence electrons. The van der Waals surface area contributed by atoms with Crippen LogP contribution in [0, 0.1) is 23.3 Å². The number of esters is 1. The zero-order chi connectivity index (χ0) is 32.5. The van der Waals surface area contributed by atoms with Gasteiger partial charge in [-0.2, -0.15) is 22.0 Å². The summed E-state index contributed by atoms with van der Waals surface area (Å²) in [7, 11) is 0. The number of fused-ring (bicyclic) bond motifs is 1. The Kier molecular flexibility index (Phi) is 12.5. The van der Waals surface area contributed by atoms with Gasteiger partial charge in [0.1, 0.15) is 19.2 Å². The molecule has 1 N–H and O–H groups in total. The first-order valence-corrected chi connectivity index (χ1v) is 12.8. The van der Waals surface area contributed by atoms with E-state index in [2.05, 4.69) is 14.8 Å². The molecule has 0 radical (unpaired) electrons. The number of Topliss-reactive ketones (excluding diaryl/α,β-unsaturated/α-hetero) is 1. The van der Waals surface area contributed by atoms with Crippen molar-refractivity contribution in [2.45, 2.75) is 45.5 Å². The number of hydrogen-bond donors (Lipinski definition) is 1. The second-order valence-electron chi connectivity index (χ2n) is 8.44. The van der Waals surface area contributed by atoms with E-state index in [9.17, 15) is 49.9 Å². The summed E-state index contributed by atoms with van der Waals surface area (Å²) in [6.45, 7) is 0.834. The second kappa shape index (κ2) is 15.4. The molecule has 0 bridgehead atoms. The number of nitrogens with one attached hydrogen (secondary N) is 1. The number of carbonyl (C=O) groups excluding carboxylic acids is 3. The highest BCUT2D eigenvalue weighted by Gasteiger charge is 2.30. The molecule has 0 saturated heterocycles. The Morgan fingerprint density at radius 3 is 2.23 bits per heavy atom. The van der Waals surface area contributed by atoms with E-state index in [-0.39, 0.29) is 16.5 Å². The van der Waals surface area contributed by atoms with Crippen molar-refractivity contribution in [3.8, 4) is 5.75 Å². The fourth-order valence-electron chi connectivity index (χ4n) is 3.44. The zero-order valence-corrected chi connectivity index (χ0v) is 23.3. The summed E-state index contributed by atoms with van der Waals surface area (Å²) in [4.78, 5) is 50.2. The van der Waals surface area contributed by atoms with E-state index in [1.165, 1.54) is 24.4 Å². The zero-order valence-electron chi connectivity index (χ0n) is 22.5. The van der Waals surface area contributed by atoms with Gasteiger partial charge in [-0.15, -0.1) is 0 Å². The number of benzene rings is 2. The largest absolute Gasteiger partial charge is 0.479 e. The molecule has 0 aliphatic carbocycles. The predicted molar refractivity (Wildman–Crippen MR) is 140 cm³/mol. The van der Waals surface area contributed by atoms with Gasteiger partial charge in [-0.1, -0.05) is 31.5 Å². The molecule has 8 nitrogen and oxygen atoms in total. The Bertz CT molecular complexity index is 1520. The first-order valence-electron chi connectivity index (χ1n) is 12.4. The van der Waals surface area contributed by atoms with E-state index in [0.29, 0.717) is 5.39 Å². The van der Waals surface area contributed by atoms with Gasteiger partial charge in [0.2, 0.25) is 17.5 Å². The van der Waals surface area contributed by atoms with Crippen LogP contribution in [-0.2, 0) is 25.7 Å². The van der Waals surface area contributed by atoms with Crippen LogP contribution in [0.5, 0.6) is 5.75 Å². The third kappa shape index (κ3) is 9.98. The number of amides is 1. The maximum absolute atomic E-state index is 13.9. The number of hydrogen-bond acceptors (Lipinski definition) is 6. The number of carbonyl (C=O) groups is 3. The average Bonchev–Trinajstić information content (AvgIpc) is 2.93. The standard InChI is InChI=1S/C25H18ClF7N2O6.C2H6/c26-13-2-1-12-3-5-35(24(39)14(12)7-13)10-19(37)34-17(9-20(38)40-6-4-25(31,32)33)18(36)11-41-23-21(29)15(27)8-16(28)22(23)30;1-2/h1-3,5,7-8,17H,4,6,9-11H2,(H,34,37);1-2H3. The van der Waals surface area contributed by atoms with Crippen molar-refractivity contribution in [1.29, 1.82) is 0 Å². The van der Waals surface area contributed by atoms with Crippen LogP contribution < -0.4 is 15.6 Å². The Hall–Kier alpha value is -4.14. The van der Waals surface area contributed by atoms with Crippen molar-refractivity contribution in [3.63, 3.8) is 0 Å². The van der Waals surface area contributed by atoms with E-state index < -0.39 is 97.1 Å². The Balaban J connectivity index is 0.00000316. The van der Waals surface area contributed by atoms with Crippen molar-refractivity contribution in [1.82, 2.24) is 9.88 Å². The molecule has 1 amide bonds. The van der Waals surface area contributed by atoms with Gasteiger partial charge in [0, 0.05) is 22.7 Å². The molecule has 0 fully saturated rings. The minimum Gasteiger partial charge on any atom is -0.479 e. The minimum atomic E-state index is -4.66. The second-order valence-corrected chi connectivity index (χ2v) is 8.88. The minimum absolute atomic E-state index is 0.109. The summed E-state index contributed by atoms with van der Waals surface area (Å²) in [5.74, 6) is -12.9. The van der Waals surface area contributed by atoms with Gasteiger partial charge in [0.05, 0.1) is 19.4 Å². The Morgan fingerprint density at radius 1 is 1.00 bits per heavy atom. The van der Waals surface area contributed by atoms with Crippen molar-refractivity contribution < 1.29 is 54.6 Å². The van der Waals surface area contributed by atoms with Crippen LogP contribution in [0.1, 0.15) is 26.7 Å². The van der Waals surface area contributed by atoms with Crippen LogP contribution in [0.4, 0.5) is 30.7 Å². The number of pyridine rings is 1. The highest BCUT2D eigenvalue weighted by Crippen LogP contribution is 2.26. The highest BCUT2D eigenvalue weighted by atomic mass is 35.5. The number of ketones is 1. The normalized spacial score (nSPS) is 11.8. The molecule has 0 aliphatic rings. The van der Waals surface area contributed by atoms with Gasteiger partial charge < -0.3 is 19.4 Å². The van der Waals surface area contributed by atoms with E-state index in [4.69, 9.17) is 11.6 Å². The van der Waals surface area contributed by atoms with Crippen LogP contribution in [0.15, 0.2) is 41.3 Å². The summed E-state index contributed by atoms with van der Waals surface area (Å²) >= 11 is 5.90. The first kappa shape index (κ1) is 35.1. The fourth-order valence-corrected chi connectivity index (χ4v) is 3.62. The van der Waals surface area contributed by atoms with Crippen LogP contribution >= 0.6 is 11.6 Å². The van der Waals surface area contributed by atoms with Crippen molar-refractivity contribution >= 4 is 40.0 Å². The summed E-state index contributed by atoms with van der Waals surface area (Å²) in [6.07, 6.45) is -5.99. The van der Waals surface area contributed by atoms with Crippen molar-refractivity contribution in [3.05, 3.63) is 75.2 Å². The average molecular weight is 641 g/mol. The fraction of sp³-hybridized carbons (Fsp3) is 0.333. The van der Waals surface area contributed by atoms with Crippen LogP contribution in [0.3, 0.4) is 0 Å². The Labute approximate surface area is 244 Å². The quantitative estimate of drug-likeness (QED) is 0.174. The van der Waals surface area contributed by atoms with Gasteiger partial charge in [-0.3, -0.25) is 19.2 Å². The lowest BCUT2D eigenvalue weighted by Crippen LogP contribution is -2.46. The van der Waals surface area contributed by atoms with E-state index in [0.717, 1.165) is 4.57 Å². The molecular weight excluding hydrogens is 617 g/mol. The molecule has 1 aromatic heterocycles. The van der Waals surface area contributed by atoms with Gasteiger partial charge >= 0.3 is 12.1 Å². The number of aromatic nitrogens is 1. The molecule has 1 atom stereocenters. The maximum Gasteiger partial charge on any atom is 0.392 e. The smallest absolute Gasteiger partial charge is 0.392 e. The van der Waals surface area contributed by atoms with Gasteiger partial charge in [-0.05, 0) is 23.6 Å². The number of ether oxygens (including phenoxy) is 2. The van der Waals surface area contributed by atoms with Crippen molar-refractivity contribution in [2.24, 2.45) is 0 Å². The molecule has 1 unspecified atom stereocenters. The molecule has 1 heterocycles. The van der Waals surface area contributed by atoms with Crippen LogP contribution in [0.25, 0.3) is 10.8 Å². The monoisotopic (exact) mass is 640 g/mol. The molecule has 16 heteroatoms. The molecule has 0 aliphatic heterocycles. The molecule has 43 heavy (non-hydrogen) atoms. The third-order valence-corrected chi connectivity index (χ3v) is 5.66. The molecular formula is C27H24ClF7N2O6. The lowest BCUT2D eigenvalue weighted by atomic mass is 10.1. The van der Waals surface area contributed by atoms with Crippen molar-refractivity contribution in [2.75, 3.05) is 13.2 Å². The van der Waals surface area contributed by atoms with E-state index in [1.807, 2.05) is 13.8 Å². The number of nitrogens with zero attached hydrogens (tertiary/aromatic N) is 1. The lowest BCUT2D eigenvalue weighted by Gasteiger charge is -2.18. The van der Waals surface area contributed by atoms with E-state index >= 15 is 0 Å². The van der Waals surface area contributed by atoms with Gasteiger partial charge in [-0.25, -0.2) is 8.78 Å². The maximum atomic E-state index is 13.9.